The number of nitrogens with zero attached hydrogens (tertiary/aromatic N) is 1. The van der Waals surface area contributed by atoms with Crippen molar-refractivity contribution in [3.8, 4) is 0 Å². The zero-order valence-electron chi connectivity index (χ0n) is 22.0. The van der Waals surface area contributed by atoms with Crippen LogP contribution < -0.4 is 28.7 Å². The first kappa shape index (κ1) is 37.3. The van der Waals surface area contributed by atoms with Crippen molar-refractivity contribution in [2.75, 3.05) is 23.7 Å². The molecule has 0 spiro atoms. The fourth-order valence-electron chi connectivity index (χ4n) is 1.38. The standard InChI is InChI=1S/C6H7N.C5H6N2.C4H6N2.C4H11N.C3H9N.2C2H6/c7-6-4-2-1-3-5-6;6-5-3-1-2-4-7-5;5-4-2-1-3-6-4;1-2-3-4-5;1-3(2)4;2*1-2/h1-5H,7H2;1-4H,(H2,6,7);1-3,6H,5H2;2-5H2,1H3;3H,4H2,1-2H3;2*1-2H3. The van der Waals surface area contributed by atoms with Crippen LogP contribution in [0.5, 0.6) is 0 Å². The summed E-state index contributed by atoms with van der Waals surface area (Å²) in [6, 6.07) is 18.9. The molecule has 0 aliphatic carbocycles. The third-order valence-electron chi connectivity index (χ3n) is 2.67. The first-order valence-corrected chi connectivity index (χ1v) is 11.6. The summed E-state index contributed by atoms with van der Waals surface area (Å²) in [5, 5.41) is 0. The quantitative estimate of drug-likeness (QED) is 0.269. The number of unbranched alkanes of at least 4 members (excludes halogenated alkanes) is 1. The van der Waals surface area contributed by atoms with Gasteiger partial charge in [0.2, 0.25) is 0 Å². The van der Waals surface area contributed by atoms with E-state index in [1.807, 2.05) is 90.1 Å². The number of anilines is 3. The monoisotopic (exact) mass is 461 g/mol. The average Bonchev–Trinajstić information content (AvgIpc) is 3.30. The van der Waals surface area contributed by atoms with Crippen molar-refractivity contribution in [1.29, 1.82) is 0 Å². The van der Waals surface area contributed by atoms with E-state index in [-0.39, 0.29) is 0 Å². The number of hydrogen-bond donors (Lipinski definition) is 6. The average molecular weight is 462 g/mol. The highest BCUT2D eigenvalue weighted by Gasteiger charge is 1.74. The van der Waals surface area contributed by atoms with E-state index in [0.717, 1.165) is 18.1 Å². The topological polar surface area (TPSA) is 159 Å². The number of pyridine rings is 1. The summed E-state index contributed by atoms with van der Waals surface area (Å²) in [7, 11) is 0. The van der Waals surface area contributed by atoms with Gasteiger partial charge in [-0.15, -0.1) is 0 Å². The fraction of sp³-hybridized carbons (Fsp3) is 0.423. The van der Waals surface area contributed by atoms with Crippen molar-refractivity contribution >= 4 is 17.3 Å². The second-order valence-electron chi connectivity index (χ2n) is 6.18. The molecule has 0 amide bonds. The van der Waals surface area contributed by atoms with Crippen molar-refractivity contribution in [2.45, 2.75) is 67.3 Å². The van der Waals surface area contributed by atoms with Crippen molar-refractivity contribution in [1.82, 2.24) is 9.97 Å². The molecule has 0 aliphatic rings. The Bertz CT molecular complexity index is 601. The van der Waals surface area contributed by atoms with E-state index in [1.165, 1.54) is 12.8 Å². The van der Waals surface area contributed by atoms with Gasteiger partial charge in [-0.3, -0.25) is 0 Å². The number of nitrogens with two attached hydrogens (primary N) is 5. The Morgan fingerprint density at radius 3 is 1.48 bits per heavy atom. The maximum absolute atomic E-state index is 5.36. The van der Waals surface area contributed by atoms with Gasteiger partial charge in [-0.25, -0.2) is 4.98 Å². The smallest absolute Gasteiger partial charge is 0.123 e. The lowest BCUT2D eigenvalue weighted by Gasteiger charge is -1.83. The summed E-state index contributed by atoms with van der Waals surface area (Å²) < 4.78 is 0. The van der Waals surface area contributed by atoms with E-state index in [4.69, 9.17) is 28.7 Å². The minimum absolute atomic E-state index is 0.333. The van der Waals surface area contributed by atoms with Crippen molar-refractivity contribution in [3.05, 3.63) is 73.1 Å². The van der Waals surface area contributed by atoms with E-state index < -0.39 is 0 Å². The minimum atomic E-state index is 0.333. The fourth-order valence-corrected chi connectivity index (χ4v) is 1.38. The molecule has 0 saturated heterocycles. The van der Waals surface area contributed by atoms with E-state index in [1.54, 1.807) is 24.5 Å². The second-order valence-corrected chi connectivity index (χ2v) is 6.18. The third kappa shape index (κ3) is 43.7. The van der Waals surface area contributed by atoms with Crippen LogP contribution >= 0.6 is 0 Å². The molecule has 1 aromatic carbocycles. The van der Waals surface area contributed by atoms with Gasteiger partial charge in [0.25, 0.3) is 0 Å². The van der Waals surface area contributed by atoms with Gasteiger partial charge in [-0.05, 0) is 55.4 Å². The van der Waals surface area contributed by atoms with Gasteiger partial charge >= 0.3 is 0 Å². The second kappa shape index (κ2) is 33.6. The molecule has 3 aromatic rings. The van der Waals surface area contributed by atoms with E-state index in [2.05, 4.69) is 16.9 Å². The number of benzene rings is 1. The molecule has 7 nitrogen and oxygen atoms in total. The molecule has 2 heterocycles. The van der Waals surface area contributed by atoms with Crippen LogP contribution in [0.2, 0.25) is 0 Å². The van der Waals surface area contributed by atoms with Crippen LogP contribution in [-0.4, -0.2) is 22.6 Å². The van der Waals surface area contributed by atoms with E-state index in [0.29, 0.717) is 11.9 Å². The Morgan fingerprint density at radius 1 is 0.818 bits per heavy atom. The van der Waals surface area contributed by atoms with Gasteiger partial charge in [-0.1, -0.05) is 79.2 Å². The van der Waals surface area contributed by atoms with Gasteiger partial charge < -0.3 is 33.7 Å². The molecule has 11 N–H and O–H groups in total. The van der Waals surface area contributed by atoms with Crippen LogP contribution in [0.4, 0.5) is 17.3 Å². The SMILES string of the molecule is CC.CC.CC(C)N.CCCCN.Nc1ccc[nH]1.Nc1ccccc1.Nc1ccccn1. The molecule has 33 heavy (non-hydrogen) atoms. The maximum Gasteiger partial charge on any atom is 0.123 e. The Morgan fingerprint density at radius 2 is 1.33 bits per heavy atom. The van der Waals surface area contributed by atoms with Crippen molar-refractivity contribution in [3.63, 3.8) is 0 Å². The molecule has 0 bridgehead atoms. The summed E-state index contributed by atoms with van der Waals surface area (Å²) in [4.78, 5) is 6.53. The van der Waals surface area contributed by atoms with E-state index >= 15 is 0 Å². The van der Waals surface area contributed by atoms with Gasteiger partial charge in [0, 0.05) is 18.1 Å². The van der Waals surface area contributed by atoms with Gasteiger partial charge in [0.05, 0.1) is 0 Å². The molecule has 190 valence electrons. The first-order valence-electron chi connectivity index (χ1n) is 11.6. The molecular formula is C26H51N7. The van der Waals surface area contributed by atoms with Crippen molar-refractivity contribution < 1.29 is 0 Å². The highest BCUT2D eigenvalue weighted by molar-refractivity contribution is 5.35. The molecule has 2 aromatic heterocycles. The van der Waals surface area contributed by atoms with Crippen LogP contribution in [0.3, 0.4) is 0 Å². The lowest BCUT2D eigenvalue weighted by atomic mass is 10.3. The number of hydrogen-bond acceptors (Lipinski definition) is 6. The van der Waals surface area contributed by atoms with Crippen molar-refractivity contribution in [2.24, 2.45) is 11.5 Å². The minimum Gasteiger partial charge on any atom is -0.399 e. The molecular weight excluding hydrogens is 410 g/mol. The van der Waals surface area contributed by atoms with Crippen LogP contribution in [-0.2, 0) is 0 Å². The normalized spacial score (nSPS) is 7.94. The maximum atomic E-state index is 5.36. The summed E-state index contributed by atoms with van der Waals surface area (Å²) in [6.07, 6.45) is 5.83. The predicted octanol–water partition coefficient (Wildman–Crippen LogP) is 5.68. The highest BCUT2D eigenvalue weighted by atomic mass is 14.8. The Hall–Kier alpha value is -3.03. The molecule has 0 fully saturated rings. The van der Waals surface area contributed by atoms with Crippen LogP contribution in [0.1, 0.15) is 61.3 Å². The molecule has 0 atom stereocenters. The molecule has 7 heteroatoms. The predicted molar refractivity (Wildman–Crippen MR) is 151 cm³/mol. The molecule has 0 saturated carbocycles. The molecule has 0 radical (unpaired) electrons. The van der Waals surface area contributed by atoms with Gasteiger partial charge in [-0.2, -0.15) is 0 Å². The number of rotatable bonds is 2. The summed E-state index contributed by atoms with van der Waals surface area (Å²) >= 11 is 0. The lowest BCUT2D eigenvalue weighted by molar-refractivity contribution is 0.807. The van der Waals surface area contributed by atoms with Crippen LogP contribution in [0.15, 0.2) is 73.1 Å². The largest absolute Gasteiger partial charge is 0.399 e. The molecule has 3 rings (SSSR count). The van der Waals surface area contributed by atoms with Gasteiger partial charge in [0.15, 0.2) is 0 Å². The number of nitrogen functional groups attached to an aromatic ring is 3. The zero-order chi connectivity index (χ0) is 26.3. The molecule has 0 unspecified atom stereocenters. The number of nitrogens with one attached hydrogen (secondary N) is 1. The zero-order valence-corrected chi connectivity index (χ0v) is 22.0. The third-order valence-corrected chi connectivity index (χ3v) is 2.67. The summed E-state index contributed by atoms with van der Waals surface area (Å²) in [6.45, 7) is 14.9. The molecule has 0 aliphatic heterocycles. The number of aromatic nitrogens is 2. The Kier molecular flexibility index (Phi) is 38.0. The number of para-hydroxylation sites is 1. The lowest BCUT2D eigenvalue weighted by Crippen LogP contribution is -2.06. The Balaban J connectivity index is -0.000000155. The highest BCUT2D eigenvalue weighted by Crippen LogP contribution is 1.96. The number of aromatic amines is 1. The summed E-state index contributed by atoms with van der Waals surface area (Å²) in [5.74, 6) is 1.29. The van der Waals surface area contributed by atoms with E-state index in [9.17, 15) is 0 Å². The number of H-pyrrole nitrogens is 1. The van der Waals surface area contributed by atoms with Gasteiger partial charge in [0.1, 0.15) is 11.6 Å². The Labute approximate surface area is 203 Å². The summed E-state index contributed by atoms with van der Waals surface area (Å²) in [5.41, 5.74) is 26.9. The first-order chi connectivity index (χ1) is 15.8. The van der Waals surface area contributed by atoms with Crippen LogP contribution in [0.25, 0.3) is 0 Å². The van der Waals surface area contributed by atoms with Crippen LogP contribution in [0, 0.1) is 0 Å².